The van der Waals surface area contributed by atoms with Crippen LogP contribution in [0.25, 0.3) is 10.9 Å². The number of para-hydroxylation sites is 1. The van der Waals surface area contributed by atoms with Crippen molar-refractivity contribution in [2.75, 3.05) is 7.05 Å². The number of carbonyl (C=O) groups excluding carboxylic acids is 1. The van der Waals surface area contributed by atoms with E-state index in [1.807, 2.05) is 10.6 Å². The van der Waals surface area contributed by atoms with E-state index in [-0.39, 0.29) is 16.9 Å². The van der Waals surface area contributed by atoms with Gasteiger partial charge in [-0.3, -0.25) is 9.59 Å². The van der Waals surface area contributed by atoms with Gasteiger partial charge in [0.2, 0.25) is 5.43 Å². The molecule has 18 heavy (non-hydrogen) atoms. The highest BCUT2D eigenvalue weighted by Crippen LogP contribution is 2.23. The van der Waals surface area contributed by atoms with Gasteiger partial charge in [-0.05, 0) is 24.5 Å². The minimum absolute atomic E-state index is 0.177. The van der Waals surface area contributed by atoms with Crippen molar-refractivity contribution in [3.63, 3.8) is 0 Å². The van der Waals surface area contributed by atoms with Crippen LogP contribution < -0.4 is 10.7 Å². The minimum atomic E-state index is -0.318. The van der Waals surface area contributed by atoms with E-state index in [0.29, 0.717) is 5.39 Å². The lowest BCUT2D eigenvalue weighted by atomic mass is 10.00. The predicted octanol–water partition coefficient (Wildman–Crippen LogP) is 1.31. The Morgan fingerprint density at radius 3 is 3.00 bits per heavy atom. The first-order valence-corrected chi connectivity index (χ1v) is 6.09. The van der Waals surface area contributed by atoms with Gasteiger partial charge in [0, 0.05) is 25.2 Å². The van der Waals surface area contributed by atoms with Crippen LogP contribution in [0.5, 0.6) is 0 Å². The summed E-state index contributed by atoms with van der Waals surface area (Å²) in [6.45, 7) is 0.859. The molecule has 2 aromatic rings. The number of amides is 1. The molecule has 0 fully saturated rings. The lowest BCUT2D eigenvalue weighted by Gasteiger charge is -2.20. The van der Waals surface area contributed by atoms with Gasteiger partial charge in [-0.25, -0.2) is 0 Å². The summed E-state index contributed by atoms with van der Waals surface area (Å²) in [6, 6.07) is 5.74. The van der Waals surface area contributed by atoms with Crippen molar-refractivity contribution >= 4 is 16.8 Å². The van der Waals surface area contributed by atoms with E-state index in [2.05, 4.69) is 11.4 Å². The largest absolute Gasteiger partial charge is 0.355 e. The van der Waals surface area contributed by atoms with Gasteiger partial charge in [-0.15, -0.1) is 0 Å². The zero-order valence-electron chi connectivity index (χ0n) is 10.2. The van der Waals surface area contributed by atoms with Crippen LogP contribution in [0.2, 0.25) is 0 Å². The lowest BCUT2D eigenvalue weighted by molar-refractivity contribution is 0.0961. The van der Waals surface area contributed by atoms with Gasteiger partial charge < -0.3 is 9.88 Å². The molecule has 1 aromatic heterocycles. The summed E-state index contributed by atoms with van der Waals surface area (Å²) in [5, 5.41) is 3.17. The maximum atomic E-state index is 12.3. The number of rotatable bonds is 1. The molecule has 1 N–H and O–H groups in total. The van der Waals surface area contributed by atoms with Crippen LogP contribution in [0, 0.1) is 0 Å². The fourth-order valence-electron chi connectivity index (χ4n) is 2.65. The standard InChI is InChI=1S/C14H14N2O2/c1-15-14(18)11-8-16-7-3-5-9-4-2-6-10(12(9)16)13(11)17/h2,4,6,8H,3,5,7H2,1H3,(H,15,18). The SMILES string of the molecule is CNC(=O)c1cn2c3c(cccc3c1=O)CCC2. The van der Waals surface area contributed by atoms with Crippen LogP contribution in [-0.2, 0) is 13.0 Å². The fourth-order valence-corrected chi connectivity index (χ4v) is 2.65. The van der Waals surface area contributed by atoms with Crippen molar-refractivity contribution < 1.29 is 4.79 Å². The highest BCUT2D eigenvalue weighted by molar-refractivity contribution is 5.97. The first-order chi connectivity index (χ1) is 8.72. The first kappa shape index (κ1) is 11.0. The van der Waals surface area contributed by atoms with Gasteiger partial charge in [0.15, 0.2) is 0 Å². The van der Waals surface area contributed by atoms with Crippen LogP contribution >= 0.6 is 0 Å². The number of nitrogens with zero attached hydrogens (tertiary/aromatic N) is 1. The molecule has 0 saturated carbocycles. The molecule has 92 valence electrons. The average Bonchev–Trinajstić information content (AvgIpc) is 2.42. The molecule has 3 rings (SSSR count). The van der Waals surface area contributed by atoms with Crippen LogP contribution in [0.1, 0.15) is 22.3 Å². The Balaban J connectivity index is 2.42. The Labute approximate surface area is 104 Å². The molecule has 0 aliphatic carbocycles. The maximum Gasteiger partial charge on any atom is 0.256 e. The summed E-state index contributed by atoms with van der Waals surface area (Å²) < 4.78 is 2.03. The topological polar surface area (TPSA) is 51.1 Å². The monoisotopic (exact) mass is 242 g/mol. The number of hydrogen-bond donors (Lipinski definition) is 1. The van der Waals surface area contributed by atoms with Gasteiger partial charge in [-0.1, -0.05) is 12.1 Å². The fraction of sp³-hybridized carbons (Fsp3) is 0.286. The maximum absolute atomic E-state index is 12.3. The summed E-state index contributed by atoms with van der Waals surface area (Å²) in [4.78, 5) is 24.0. The summed E-state index contributed by atoms with van der Waals surface area (Å²) in [5.74, 6) is -0.318. The Bertz CT molecular complexity index is 701. The van der Waals surface area contributed by atoms with Crippen LogP contribution in [0.3, 0.4) is 0 Å². The summed E-state index contributed by atoms with van der Waals surface area (Å²) in [7, 11) is 1.54. The third-order valence-corrected chi connectivity index (χ3v) is 3.50. The van der Waals surface area contributed by atoms with Crippen LogP contribution in [0.4, 0.5) is 0 Å². The van der Waals surface area contributed by atoms with Crippen molar-refractivity contribution in [3.8, 4) is 0 Å². The van der Waals surface area contributed by atoms with E-state index in [1.54, 1.807) is 19.3 Å². The van der Waals surface area contributed by atoms with Crippen molar-refractivity contribution in [3.05, 3.63) is 45.7 Å². The Hall–Kier alpha value is -2.10. The molecule has 0 atom stereocenters. The molecule has 0 unspecified atom stereocenters. The Kier molecular flexibility index (Phi) is 2.44. The first-order valence-electron chi connectivity index (χ1n) is 6.09. The minimum Gasteiger partial charge on any atom is -0.355 e. The molecule has 1 aliphatic heterocycles. The van der Waals surface area contributed by atoms with Crippen molar-refractivity contribution in [1.29, 1.82) is 0 Å². The molecule has 1 aliphatic rings. The molecule has 2 heterocycles. The molecule has 4 nitrogen and oxygen atoms in total. The quantitative estimate of drug-likeness (QED) is 0.819. The highest BCUT2D eigenvalue weighted by Gasteiger charge is 2.18. The molecular formula is C14H14N2O2. The smallest absolute Gasteiger partial charge is 0.256 e. The predicted molar refractivity (Wildman–Crippen MR) is 69.9 cm³/mol. The molecule has 1 amide bonds. The number of hydrogen-bond acceptors (Lipinski definition) is 2. The van der Waals surface area contributed by atoms with Crippen molar-refractivity contribution in [2.24, 2.45) is 0 Å². The van der Waals surface area contributed by atoms with Gasteiger partial charge in [0.05, 0.1) is 5.52 Å². The second-order valence-electron chi connectivity index (χ2n) is 4.56. The summed E-state index contributed by atoms with van der Waals surface area (Å²) >= 11 is 0. The molecule has 0 saturated heterocycles. The lowest BCUT2D eigenvalue weighted by Crippen LogP contribution is -2.28. The van der Waals surface area contributed by atoms with Gasteiger partial charge in [-0.2, -0.15) is 0 Å². The second kappa shape index (κ2) is 3.98. The van der Waals surface area contributed by atoms with E-state index in [4.69, 9.17) is 0 Å². The third kappa shape index (κ3) is 1.45. The summed E-state index contributed by atoms with van der Waals surface area (Å²) in [6.07, 6.45) is 3.73. The molecule has 0 spiro atoms. The van der Waals surface area contributed by atoms with Crippen LogP contribution in [-0.4, -0.2) is 17.5 Å². The number of aryl methyl sites for hydroxylation is 2. The van der Waals surface area contributed by atoms with E-state index in [9.17, 15) is 9.59 Å². The van der Waals surface area contributed by atoms with E-state index >= 15 is 0 Å². The number of benzene rings is 1. The molecule has 0 bridgehead atoms. The van der Waals surface area contributed by atoms with Gasteiger partial charge in [0.25, 0.3) is 5.91 Å². The van der Waals surface area contributed by atoms with E-state index < -0.39 is 0 Å². The molecular weight excluding hydrogens is 228 g/mol. The zero-order chi connectivity index (χ0) is 12.7. The van der Waals surface area contributed by atoms with E-state index in [1.165, 1.54) is 5.56 Å². The second-order valence-corrected chi connectivity index (χ2v) is 4.56. The van der Waals surface area contributed by atoms with Gasteiger partial charge in [0.1, 0.15) is 5.56 Å². The number of aromatic nitrogens is 1. The Morgan fingerprint density at radius 1 is 1.39 bits per heavy atom. The number of carbonyl (C=O) groups is 1. The summed E-state index contributed by atoms with van der Waals surface area (Å²) in [5.41, 5.74) is 2.23. The third-order valence-electron chi connectivity index (χ3n) is 3.50. The van der Waals surface area contributed by atoms with Crippen molar-refractivity contribution in [2.45, 2.75) is 19.4 Å². The van der Waals surface area contributed by atoms with E-state index in [0.717, 1.165) is 24.9 Å². The highest BCUT2D eigenvalue weighted by atomic mass is 16.2. The van der Waals surface area contributed by atoms with Crippen LogP contribution in [0.15, 0.2) is 29.2 Å². The average molecular weight is 242 g/mol. The van der Waals surface area contributed by atoms with Crippen molar-refractivity contribution in [1.82, 2.24) is 9.88 Å². The molecule has 0 radical (unpaired) electrons. The number of pyridine rings is 1. The Morgan fingerprint density at radius 2 is 2.22 bits per heavy atom. The molecule has 1 aromatic carbocycles. The number of nitrogens with one attached hydrogen (secondary N) is 1. The van der Waals surface area contributed by atoms with Gasteiger partial charge >= 0.3 is 0 Å². The molecule has 4 heteroatoms. The zero-order valence-corrected chi connectivity index (χ0v) is 10.2. The normalized spacial score (nSPS) is 13.6.